The summed E-state index contributed by atoms with van der Waals surface area (Å²) in [6.45, 7) is 0. The van der Waals surface area contributed by atoms with Crippen molar-refractivity contribution >= 4 is 91.1 Å². The summed E-state index contributed by atoms with van der Waals surface area (Å²) in [4.78, 5) is 0. The Morgan fingerprint density at radius 1 is 0.395 bits per heavy atom. The Balaban J connectivity index is 1.29. The van der Waals surface area contributed by atoms with Crippen molar-refractivity contribution in [2.24, 2.45) is 0 Å². The molecule has 1 nitrogen and oxygen atoms in total. The molecule has 10 aromatic rings. The topological polar surface area (TPSA) is 4.41 Å². The second-order valence-corrected chi connectivity index (χ2v) is 11.6. The lowest BCUT2D eigenvalue weighted by Crippen LogP contribution is -1.85. The number of hydrogen-bond donors (Lipinski definition) is 0. The highest BCUT2D eigenvalue weighted by atomic mass is 32.1. The standard InChI is InChI=1S/C36H19NS/c1-2-11-30-23(6-1)26-9-3-10-27-29-19-21(15-17-31(29)37(30)36(26)27)20-14-16-22-24-7-4-12-32-34(24)35-25(28(22)18-20)8-5-13-33(35)38-32/h1-19H. The molecule has 3 aromatic heterocycles. The molecule has 0 bridgehead atoms. The van der Waals surface area contributed by atoms with Crippen molar-refractivity contribution in [3.8, 4) is 11.1 Å². The summed E-state index contributed by atoms with van der Waals surface area (Å²) in [5.41, 5.74) is 6.42. The van der Waals surface area contributed by atoms with Gasteiger partial charge in [0, 0.05) is 41.7 Å². The summed E-state index contributed by atoms with van der Waals surface area (Å²) in [7, 11) is 0. The molecule has 0 saturated carbocycles. The predicted molar refractivity (Wildman–Crippen MR) is 166 cm³/mol. The highest BCUT2D eigenvalue weighted by Crippen LogP contribution is 2.46. The highest BCUT2D eigenvalue weighted by Gasteiger charge is 2.18. The van der Waals surface area contributed by atoms with Gasteiger partial charge in [0.15, 0.2) is 0 Å². The van der Waals surface area contributed by atoms with Crippen LogP contribution in [0.4, 0.5) is 0 Å². The van der Waals surface area contributed by atoms with E-state index in [9.17, 15) is 0 Å². The van der Waals surface area contributed by atoms with Crippen molar-refractivity contribution in [1.82, 2.24) is 4.40 Å². The number of aromatic nitrogens is 1. The number of hydrogen-bond acceptors (Lipinski definition) is 1. The first kappa shape index (κ1) is 19.5. The zero-order valence-electron chi connectivity index (χ0n) is 20.3. The first-order chi connectivity index (χ1) is 18.8. The second kappa shape index (κ2) is 6.61. The summed E-state index contributed by atoms with van der Waals surface area (Å²) in [5, 5.41) is 13.5. The summed E-state index contributed by atoms with van der Waals surface area (Å²) in [5.74, 6) is 0. The Kier molecular flexibility index (Phi) is 3.38. The van der Waals surface area contributed by atoms with Crippen molar-refractivity contribution in [2.75, 3.05) is 0 Å². The second-order valence-electron chi connectivity index (χ2n) is 10.5. The van der Waals surface area contributed by atoms with E-state index in [1.54, 1.807) is 0 Å². The van der Waals surface area contributed by atoms with Crippen LogP contribution in [0.5, 0.6) is 0 Å². The fraction of sp³-hybridized carbons (Fsp3) is 0. The average Bonchev–Trinajstić information content (AvgIpc) is 3.63. The van der Waals surface area contributed by atoms with Crippen LogP contribution in [0.2, 0.25) is 0 Å². The van der Waals surface area contributed by atoms with Crippen LogP contribution in [0, 0.1) is 0 Å². The van der Waals surface area contributed by atoms with E-state index in [4.69, 9.17) is 0 Å². The molecular weight excluding hydrogens is 478 g/mol. The molecule has 0 saturated heterocycles. The van der Waals surface area contributed by atoms with Crippen LogP contribution in [0.15, 0.2) is 115 Å². The molecule has 174 valence electrons. The molecule has 0 atom stereocenters. The molecule has 0 unspecified atom stereocenters. The molecule has 3 heterocycles. The number of nitrogens with zero attached hydrogens (tertiary/aromatic N) is 1. The molecule has 0 aliphatic carbocycles. The van der Waals surface area contributed by atoms with Gasteiger partial charge in [-0.25, -0.2) is 0 Å². The lowest BCUT2D eigenvalue weighted by Gasteiger charge is -2.11. The van der Waals surface area contributed by atoms with E-state index < -0.39 is 0 Å². The van der Waals surface area contributed by atoms with E-state index in [-0.39, 0.29) is 0 Å². The van der Waals surface area contributed by atoms with Crippen LogP contribution in [-0.2, 0) is 0 Å². The van der Waals surface area contributed by atoms with Crippen molar-refractivity contribution in [3.63, 3.8) is 0 Å². The molecule has 0 amide bonds. The third kappa shape index (κ3) is 2.21. The number of thiophene rings is 1. The summed E-state index contributed by atoms with van der Waals surface area (Å²) in [6.07, 6.45) is 0. The molecule has 0 aliphatic rings. The lowest BCUT2D eigenvalue weighted by molar-refractivity contribution is 1.37. The lowest BCUT2D eigenvalue weighted by atomic mass is 9.92. The van der Waals surface area contributed by atoms with Gasteiger partial charge in [-0.3, -0.25) is 0 Å². The Morgan fingerprint density at radius 3 is 1.79 bits per heavy atom. The van der Waals surface area contributed by atoms with Crippen LogP contribution in [0.1, 0.15) is 0 Å². The van der Waals surface area contributed by atoms with E-state index in [0.29, 0.717) is 0 Å². The van der Waals surface area contributed by atoms with Gasteiger partial charge in [-0.2, -0.15) is 0 Å². The largest absolute Gasteiger partial charge is 0.308 e. The van der Waals surface area contributed by atoms with Crippen LogP contribution in [0.25, 0.3) is 90.9 Å². The summed E-state index contributed by atoms with van der Waals surface area (Å²) >= 11 is 1.91. The van der Waals surface area contributed by atoms with E-state index in [2.05, 4.69) is 120 Å². The van der Waals surface area contributed by atoms with Crippen LogP contribution < -0.4 is 0 Å². The third-order valence-corrected chi connectivity index (χ3v) is 9.80. The van der Waals surface area contributed by atoms with Gasteiger partial charge in [0.2, 0.25) is 0 Å². The van der Waals surface area contributed by atoms with Gasteiger partial charge in [0.05, 0.1) is 16.6 Å². The maximum absolute atomic E-state index is 2.45. The first-order valence-electron chi connectivity index (χ1n) is 13.1. The van der Waals surface area contributed by atoms with Crippen molar-refractivity contribution in [1.29, 1.82) is 0 Å². The number of fused-ring (bicyclic) bond motifs is 9. The molecule has 7 aromatic carbocycles. The molecular formula is C36H19NS. The van der Waals surface area contributed by atoms with Crippen LogP contribution in [-0.4, -0.2) is 4.40 Å². The number of benzene rings is 7. The zero-order valence-corrected chi connectivity index (χ0v) is 21.1. The SMILES string of the molecule is c1cc2sc3cccc4c5cc(-c6ccc7c(c6)c6cccc8c9ccccc9n7c86)ccc5c(c1)c2c34. The van der Waals surface area contributed by atoms with E-state index >= 15 is 0 Å². The Bertz CT molecular complexity index is 2560. The van der Waals surface area contributed by atoms with Crippen molar-refractivity contribution in [3.05, 3.63) is 115 Å². The van der Waals surface area contributed by atoms with Gasteiger partial charge in [0.25, 0.3) is 0 Å². The fourth-order valence-corrected chi connectivity index (χ4v) is 8.27. The van der Waals surface area contributed by atoms with Gasteiger partial charge in [-0.15, -0.1) is 11.3 Å². The average molecular weight is 498 g/mol. The van der Waals surface area contributed by atoms with E-state index in [1.165, 1.54) is 90.9 Å². The molecule has 0 aliphatic heterocycles. The summed E-state index contributed by atoms with van der Waals surface area (Å²) < 4.78 is 5.20. The third-order valence-electron chi connectivity index (χ3n) is 8.68. The predicted octanol–water partition coefficient (Wildman–Crippen LogP) is 10.6. The zero-order chi connectivity index (χ0) is 24.5. The van der Waals surface area contributed by atoms with E-state index in [0.717, 1.165) is 0 Å². The van der Waals surface area contributed by atoms with Crippen molar-refractivity contribution < 1.29 is 0 Å². The summed E-state index contributed by atoms with van der Waals surface area (Å²) in [6, 6.07) is 43.1. The number of para-hydroxylation sites is 2. The minimum Gasteiger partial charge on any atom is -0.308 e. The molecule has 0 N–H and O–H groups in total. The fourth-order valence-electron chi connectivity index (χ4n) is 7.11. The molecule has 2 heteroatoms. The Hall–Kier alpha value is -4.66. The van der Waals surface area contributed by atoms with Gasteiger partial charge < -0.3 is 4.40 Å². The minimum absolute atomic E-state index is 1.26. The van der Waals surface area contributed by atoms with Crippen LogP contribution >= 0.6 is 11.3 Å². The van der Waals surface area contributed by atoms with Gasteiger partial charge in [-0.1, -0.05) is 78.9 Å². The number of rotatable bonds is 1. The normalized spacial score (nSPS) is 12.7. The Labute approximate surface area is 221 Å². The molecule has 38 heavy (non-hydrogen) atoms. The van der Waals surface area contributed by atoms with E-state index in [1.807, 2.05) is 11.3 Å². The minimum atomic E-state index is 1.26. The van der Waals surface area contributed by atoms with Gasteiger partial charge >= 0.3 is 0 Å². The Morgan fingerprint density at radius 2 is 0.974 bits per heavy atom. The van der Waals surface area contributed by atoms with Gasteiger partial charge in [-0.05, 0) is 69.1 Å². The molecule has 0 spiro atoms. The highest BCUT2D eigenvalue weighted by molar-refractivity contribution is 7.26. The first-order valence-corrected chi connectivity index (χ1v) is 13.9. The maximum atomic E-state index is 2.45. The van der Waals surface area contributed by atoms with Crippen LogP contribution in [0.3, 0.4) is 0 Å². The van der Waals surface area contributed by atoms with Crippen molar-refractivity contribution in [2.45, 2.75) is 0 Å². The molecule has 10 rings (SSSR count). The quantitative estimate of drug-likeness (QED) is 0.199. The smallest absolute Gasteiger partial charge is 0.0620 e. The monoisotopic (exact) mass is 497 g/mol. The maximum Gasteiger partial charge on any atom is 0.0620 e. The van der Waals surface area contributed by atoms with Gasteiger partial charge in [0.1, 0.15) is 0 Å². The molecule has 0 radical (unpaired) electrons. The molecule has 0 fully saturated rings.